The van der Waals surface area contributed by atoms with E-state index in [9.17, 15) is 9.59 Å². The minimum atomic E-state index is -0.501. The summed E-state index contributed by atoms with van der Waals surface area (Å²) in [7, 11) is 1.61. The van der Waals surface area contributed by atoms with Crippen LogP contribution in [-0.4, -0.2) is 59.4 Å². The Morgan fingerprint density at radius 1 is 1.10 bits per heavy atom. The van der Waals surface area contributed by atoms with Crippen molar-refractivity contribution in [1.82, 2.24) is 14.8 Å². The third kappa shape index (κ3) is 2.82. The Morgan fingerprint density at radius 3 is 2.67 bits per heavy atom. The first-order valence-electron chi connectivity index (χ1n) is 10.3. The summed E-state index contributed by atoms with van der Waals surface area (Å²) in [6.07, 6.45) is 0.524. The Labute approximate surface area is 175 Å². The second kappa shape index (κ2) is 7.29. The molecule has 6 nitrogen and oxygen atoms in total. The number of methoxy groups -OCH3 is 1. The molecule has 2 aromatic carbocycles. The number of aryl methyl sites for hydroxylation is 1. The number of piperazine rings is 1. The van der Waals surface area contributed by atoms with Gasteiger partial charge in [0.1, 0.15) is 6.04 Å². The summed E-state index contributed by atoms with van der Waals surface area (Å²) < 4.78 is 5.15. The summed E-state index contributed by atoms with van der Waals surface area (Å²) in [6, 6.07) is 15.5. The molecule has 3 heterocycles. The molecule has 2 amide bonds. The first kappa shape index (κ1) is 18.9. The van der Waals surface area contributed by atoms with Crippen LogP contribution in [0.2, 0.25) is 0 Å². The van der Waals surface area contributed by atoms with Gasteiger partial charge in [-0.25, -0.2) is 0 Å². The summed E-state index contributed by atoms with van der Waals surface area (Å²) in [5, 5.41) is 1.12. The maximum Gasteiger partial charge on any atom is 0.246 e. The number of nitrogens with one attached hydrogen (secondary N) is 1. The van der Waals surface area contributed by atoms with Gasteiger partial charge in [-0.2, -0.15) is 0 Å². The first-order chi connectivity index (χ1) is 14.6. The molecule has 6 heteroatoms. The number of aromatic amines is 1. The molecule has 0 saturated carbocycles. The fourth-order valence-corrected chi connectivity index (χ4v) is 4.93. The highest BCUT2D eigenvalue weighted by Crippen LogP contribution is 2.43. The van der Waals surface area contributed by atoms with E-state index < -0.39 is 6.04 Å². The second-order valence-electron chi connectivity index (χ2n) is 8.10. The minimum Gasteiger partial charge on any atom is -0.383 e. The molecule has 3 aromatic rings. The zero-order valence-electron chi connectivity index (χ0n) is 17.2. The molecule has 0 bridgehead atoms. The van der Waals surface area contributed by atoms with Gasteiger partial charge in [0.15, 0.2) is 0 Å². The lowest BCUT2D eigenvalue weighted by Crippen LogP contribution is -2.63. The maximum absolute atomic E-state index is 13.4. The van der Waals surface area contributed by atoms with Gasteiger partial charge in [0.25, 0.3) is 0 Å². The van der Waals surface area contributed by atoms with E-state index in [4.69, 9.17) is 4.74 Å². The van der Waals surface area contributed by atoms with Crippen LogP contribution in [0.25, 0.3) is 10.9 Å². The van der Waals surface area contributed by atoms with Crippen molar-refractivity contribution >= 4 is 22.7 Å². The predicted molar refractivity (Wildman–Crippen MR) is 114 cm³/mol. The standard InChI is InChI=1S/C24H25N3O3/c1-15-7-3-4-8-16(15)23-22-18(17-9-5-6-10-19(17)25-22)13-20-24(29)26(11-12-30-2)14-21(28)27(20)23/h3-10,20,23,25H,11-14H2,1-2H3/t20-,23+/m0/s1. The van der Waals surface area contributed by atoms with E-state index in [2.05, 4.69) is 36.2 Å². The van der Waals surface area contributed by atoms with Gasteiger partial charge in [-0.3, -0.25) is 9.59 Å². The highest BCUT2D eigenvalue weighted by atomic mass is 16.5. The number of H-pyrrole nitrogens is 1. The van der Waals surface area contributed by atoms with Gasteiger partial charge in [0.05, 0.1) is 19.2 Å². The monoisotopic (exact) mass is 403 g/mol. The lowest BCUT2D eigenvalue weighted by atomic mass is 9.85. The molecule has 154 valence electrons. The summed E-state index contributed by atoms with van der Waals surface area (Å²) >= 11 is 0. The van der Waals surface area contributed by atoms with Gasteiger partial charge in [-0.05, 0) is 29.7 Å². The van der Waals surface area contributed by atoms with Crippen LogP contribution in [0.5, 0.6) is 0 Å². The van der Waals surface area contributed by atoms with Crippen molar-refractivity contribution in [2.24, 2.45) is 0 Å². The fourth-order valence-electron chi connectivity index (χ4n) is 4.93. The highest BCUT2D eigenvalue weighted by Gasteiger charge is 2.48. The number of para-hydroxylation sites is 1. The number of ether oxygens (including phenoxy) is 1. The van der Waals surface area contributed by atoms with Crippen molar-refractivity contribution < 1.29 is 14.3 Å². The summed E-state index contributed by atoms with van der Waals surface area (Å²) in [4.78, 5) is 33.8. The van der Waals surface area contributed by atoms with Crippen LogP contribution in [-0.2, 0) is 20.7 Å². The van der Waals surface area contributed by atoms with Gasteiger partial charge in [0.2, 0.25) is 11.8 Å². The van der Waals surface area contributed by atoms with E-state index in [1.807, 2.05) is 29.2 Å². The van der Waals surface area contributed by atoms with E-state index in [1.54, 1.807) is 12.0 Å². The molecular formula is C24H25N3O3. The van der Waals surface area contributed by atoms with Gasteiger partial charge in [0, 0.05) is 36.7 Å². The number of nitrogens with zero attached hydrogens (tertiary/aromatic N) is 2. The molecule has 0 aliphatic carbocycles. The van der Waals surface area contributed by atoms with E-state index in [0.29, 0.717) is 19.6 Å². The number of benzene rings is 2. The normalized spacial score (nSPS) is 21.1. The largest absolute Gasteiger partial charge is 0.383 e. The van der Waals surface area contributed by atoms with Crippen LogP contribution in [0, 0.1) is 6.92 Å². The minimum absolute atomic E-state index is 0.00108. The molecule has 1 saturated heterocycles. The van der Waals surface area contributed by atoms with Gasteiger partial charge >= 0.3 is 0 Å². The summed E-state index contributed by atoms with van der Waals surface area (Å²) in [6.45, 7) is 3.01. The Morgan fingerprint density at radius 2 is 1.87 bits per heavy atom. The topological polar surface area (TPSA) is 65.6 Å². The van der Waals surface area contributed by atoms with Crippen molar-refractivity contribution in [2.75, 3.05) is 26.8 Å². The van der Waals surface area contributed by atoms with E-state index >= 15 is 0 Å². The van der Waals surface area contributed by atoms with Crippen molar-refractivity contribution in [3.63, 3.8) is 0 Å². The molecule has 2 atom stereocenters. The molecule has 1 fully saturated rings. The van der Waals surface area contributed by atoms with Crippen LogP contribution >= 0.6 is 0 Å². The smallest absolute Gasteiger partial charge is 0.246 e. The Balaban J connectivity index is 1.68. The molecule has 2 aliphatic rings. The van der Waals surface area contributed by atoms with Crippen molar-refractivity contribution in [3.05, 3.63) is 70.9 Å². The Hall–Kier alpha value is -3.12. The predicted octanol–water partition coefficient (Wildman–Crippen LogP) is 2.81. The average Bonchev–Trinajstić information content (AvgIpc) is 3.13. The number of carbonyl (C=O) groups is 2. The number of rotatable bonds is 4. The number of fused-ring (bicyclic) bond motifs is 4. The Kier molecular flexibility index (Phi) is 4.59. The van der Waals surface area contributed by atoms with Crippen LogP contribution in [0.1, 0.15) is 28.4 Å². The van der Waals surface area contributed by atoms with Crippen LogP contribution in [0.3, 0.4) is 0 Å². The SMILES string of the molecule is COCCN1CC(=O)N2[C@H](c3ccccc3C)c3[nH]c4ccccc4c3C[C@H]2C1=O. The molecule has 0 radical (unpaired) electrons. The van der Waals surface area contributed by atoms with Crippen molar-refractivity contribution in [2.45, 2.75) is 25.4 Å². The lowest BCUT2D eigenvalue weighted by molar-refractivity contribution is -0.159. The molecule has 0 spiro atoms. The molecule has 0 unspecified atom stereocenters. The number of carbonyl (C=O) groups excluding carboxylic acids is 2. The molecule has 5 rings (SSSR count). The van der Waals surface area contributed by atoms with E-state index in [1.165, 1.54) is 0 Å². The van der Waals surface area contributed by atoms with Crippen molar-refractivity contribution in [1.29, 1.82) is 0 Å². The number of hydrogen-bond acceptors (Lipinski definition) is 3. The Bertz CT molecular complexity index is 1140. The second-order valence-corrected chi connectivity index (χ2v) is 8.10. The van der Waals surface area contributed by atoms with Gasteiger partial charge in [-0.1, -0.05) is 42.5 Å². The van der Waals surface area contributed by atoms with Crippen LogP contribution in [0.15, 0.2) is 48.5 Å². The quantitative estimate of drug-likeness (QED) is 0.729. The lowest BCUT2D eigenvalue weighted by Gasteiger charge is -2.47. The molecule has 2 aliphatic heterocycles. The summed E-state index contributed by atoms with van der Waals surface area (Å²) in [5.41, 5.74) is 5.36. The molecular weight excluding hydrogens is 378 g/mol. The van der Waals surface area contributed by atoms with Crippen LogP contribution in [0.4, 0.5) is 0 Å². The number of amides is 2. The van der Waals surface area contributed by atoms with Crippen molar-refractivity contribution in [3.8, 4) is 0 Å². The summed E-state index contributed by atoms with van der Waals surface area (Å²) in [5.74, 6) is -0.0190. The first-order valence-corrected chi connectivity index (χ1v) is 10.3. The number of hydrogen-bond donors (Lipinski definition) is 1. The van der Waals surface area contributed by atoms with Gasteiger partial charge in [-0.15, -0.1) is 0 Å². The van der Waals surface area contributed by atoms with E-state index in [-0.39, 0.29) is 24.4 Å². The number of aromatic nitrogens is 1. The maximum atomic E-state index is 13.4. The molecule has 1 aromatic heterocycles. The van der Waals surface area contributed by atoms with E-state index in [0.717, 1.165) is 33.3 Å². The molecule has 1 N–H and O–H groups in total. The fraction of sp³-hybridized carbons (Fsp3) is 0.333. The van der Waals surface area contributed by atoms with Crippen LogP contribution < -0.4 is 0 Å². The average molecular weight is 403 g/mol. The third-order valence-corrected chi connectivity index (χ3v) is 6.39. The third-order valence-electron chi connectivity index (χ3n) is 6.39. The zero-order chi connectivity index (χ0) is 20.8. The highest BCUT2D eigenvalue weighted by molar-refractivity contribution is 5.97. The van der Waals surface area contributed by atoms with Gasteiger partial charge < -0.3 is 19.5 Å². The molecule has 30 heavy (non-hydrogen) atoms. The zero-order valence-corrected chi connectivity index (χ0v) is 17.2.